The Morgan fingerprint density at radius 2 is 2.18 bits per heavy atom. The van der Waals surface area contributed by atoms with Crippen LogP contribution in [0.4, 0.5) is 5.82 Å². The molecule has 0 saturated carbocycles. The van der Waals surface area contributed by atoms with E-state index in [4.69, 9.17) is 0 Å². The van der Waals surface area contributed by atoms with Crippen LogP contribution in [0.1, 0.15) is 12.8 Å². The number of nitrogens with one attached hydrogen (secondary N) is 1. The average Bonchev–Trinajstić information content (AvgIpc) is 2.40. The fraction of sp³-hybridized carbons (Fsp3) is 0.417. The number of hydrogen-bond acceptors (Lipinski definition) is 5. The molecule has 0 aliphatic carbocycles. The van der Waals surface area contributed by atoms with Gasteiger partial charge in [0.1, 0.15) is 11.3 Å². The number of pyridine rings is 1. The van der Waals surface area contributed by atoms with Crippen LogP contribution in [0.5, 0.6) is 0 Å². The Hall–Kier alpha value is -1.36. The predicted octanol–water partition coefficient (Wildman–Crippen LogP) is 2.33. The van der Waals surface area contributed by atoms with Gasteiger partial charge in [-0.25, -0.2) is 9.97 Å². The van der Waals surface area contributed by atoms with Crippen molar-refractivity contribution >= 4 is 28.7 Å². The minimum atomic E-state index is 0.537. The van der Waals surface area contributed by atoms with Crippen molar-refractivity contribution in [2.24, 2.45) is 0 Å². The lowest BCUT2D eigenvalue weighted by Crippen LogP contribution is -2.26. The van der Waals surface area contributed by atoms with Crippen LogP contribution >= 0.6 is 11.8 Å². The number of anilines is 1. The standard InChI is InChI=1S/C12H14N4S/c1-2-9(8-17-7-1)15-11-4-3-10-12(16-11)14-6-5-13-10/h3-6,9H,1-2,7-8H2,(H,14,15,16). The molecule has 1 fully saturated rings. The zero-order valence-electron chi connectivity index (χ0n) is 9.47. The minimum Gasteiger partial charge on any atom is -0.366 e. The van der Waals surface area contributed by atoms with Crippen LogP contribution in [0.2, 0.25) is 0 Å². The molecule has 1 unspecified atom stereocenters. The van der Waals surface area contributed by atoms with Crippen LogP contribution in [0, 0.1) is 0 Å². The average molecular weight is 246 g/mol. The molecule has 1 aliphatic heterocycles. The quantitative estimate of drug-likeness (QED) is 0.881. The van der Waals surface area contributed by atoms with Gasteiger partial charge in [0.25, 0.3) is 0 Å². The van der Waals surface area contributed by atoms with E-state index in [-0.39, 0.29) is 0 Å². The molecule has 0 amide bonds. The van der Waals surface area contributed by atoms with Crippen LogP contribution in [-0.2, 0) is 0 Å². The van der Waals surface area contributed by atoms with Crippen LogP contribution in [0.15, 0.2) is 24.5 Å². The molecule has 1 atom stereocenters. The molecule has 88 valence electrons. The summed E-state index contributed by atoms with van der Waals surface area (Å²) in [6.07, 6.45) is 5.88. The first-order valence-electron chi connectivity index (χ1n) is 5.84. The van der Waals surface area contributed by atoms with Crippen LogP contribution < -0.4 is 5.32 Å². The van der Waals surface area contributed by atoms with E-state index in [1.807, 2.05) is 23.9 Å². The third-order valence-corrected chi connectivity index (χ3v) is 4.06. The van der Waals surface area contributed by atoms with Crippen molar-refractivity contribution < 1.29 is 0 Å². The number of fused-ring (bicyclic) bond motifs is 1. The number of thioether (sulfide) groups is 1. The molecule has 2 aromatic heterocycles. The van der Waals surface area contributed by atoms with E-state index in [9.17, 15) is 0 Å². The van der Waals surface area contributed by atoms with Gasteiger partial charge < -0.3 is 5.32 Å². The van der Waals surface area contributed by atoms with Gasteiger partial charge in [-0.3, -0.25) is 4.98 Å². The minimum absolute atomic E-state index is 0.537. The molecule has 0 spiro atoms. The molecular formula is C12H14N4S. The fourth-order valence-electron chi connectivity index (χ4n) is 2.00. The van der Waals surface area contributed by atoms with Gasteiger partial charge in [-0.1, -0.05) is 0 Å². The topological polar surface area (TPSA) is 50.7 Å². The smallest absolute Gasteiger partial charge is 0.180 e. The maximum Gasteiger partial charge on any atom is 0.180 e. The molecule has 5 heteroatoms. The highest BCUT2D eigenvalue weighted by molar-refractivity contribution is 7.99. The molecule has 3 rings (SSSR count). The maximum absolute atomic E-state index is 4.48. The Balaban J connectivity index is 1.80. The van der Waals surface area contributed by atoms with Crippen molar-refractivity contribution in [3.05, 3.63) is 24.5 Å². The first-order valence-corrected chi connectivity index (χ1v) is 6.99. The zero-order chi connectivity index (χ0) is 11.5. The Morgan fingerprint density at radius 3 is 3.06 bits per heavy atom. The molecule has 0 aromatic carbocycles. The van der Waals surface area contributed by atoms with Crippen molar-refractivity contribution in [2.75, 3.05) is 16.8 Å². The summed E-state index contributed by atoms with van der Waals surface area (Å²) in [4.78, 5) is 12.9. The van der Waals surface area contributed by atoms with E-state index < -0.39 is 0 Å². The summed E-state index contributed by atoms with van der Waals surface area (Å²) < 4.78 is 0. The van der Waals surface area contributed by atoms with Crippen LogP contribution in [-0.4, -0.2) is 32.5 Å². The summed E-state index contributed by atoms with van der Waals surface area (Å²) >= 11 is 2.01. The van der Waals surface area contributed by atoms with E-state index in [0.717, 1.165) is 11.3 Å². The highest BCUT2D eigenvalue weighted by Gasteiger charge is 2.13. The zero-order valence-corrected chi connectivity index (χ0v) is 10.3. The van der Waals surface area contributed by atoms with E-state index in [1.165, 1.54) is 24.3 Å². The van der Waals surface area contributed by atoms with Crippen molar-refractivity contribution in [3.8, 4) is 0 Å². The Bertz CT molecular complexity index is 511. The third kappa shape index (κ3) is 2.49. The predicted molar refractivity (Wildman–Crippen MR) is 71.3 cm³/mol. The number of rotatable bonds is 2. The van der Waals surface area contributed by atoms with Crippen molar-refractivity contribution in [3.63, 3.8) is 0 Å². The summed E-state index contributed by atoms with van der Waals surface area (Å²) in [5.41, 5.74) is 1.55. The summed E-state index contributed by atoms with van der Waals surface area (Å²) in [7, 11) is 0. The van der Waals surface area contributed by atoms with Gasteiger partial charge in [0, 0.05) is 24.2 Å². The van der Waals surface area contributed by atoms with E-state index >= 15 is 0 Å². The lowest BCUT2D eigenvalue weighted by Gasteiger charge is -2.22. The van der Waals surface area contributed by atoms with Gasteiger partial charge in [-0.2, -0.15) is 11.8 Å². The molecule has 1 aliphatic rings. The lowest BCUT2D eigenvalue weighted by atomic mass is 10.2. The number of hydrogen-bond donors (Lipinski definition) is 1. The Labute approximate surface area is 104 Å². The highest BCUT2D eigenvalue weighted by Crippen LogP contribution is 2.20. The fourth-order valence-corrected chi connectivity index (χ4v) is 3.07. The van der Waals surface area contributed by atoms with Gasteiger partial charge >= 0.3 is 0 Å². The van der Waals surface area contributed by atoms with Crippen molar-refractivity contribution in [1.82, 2.24) is 15.0 Å². The summed E-state index contributed by atoms with van der Waals surface area (Å²) in [5.74, 6) is 3.36. The van der Waals surface area contributed by atoms with Gasteiger partial charge in [0.15, 0.2) is 5.65 Å². The highest BCUT2D eigenvalue weighted by atomic mass is 32.2. The largest absolute Gasteiger partial charge is 0.366 e. The molecule has 17 heavy (non-hydrogen) atoms. The molecule has 1 N–H and O–H groups in total. The van der Waals surface area contributed by atoms with Crippen molar-refractivity contribution in [2.45, 2.75) is 18.9 Å². The maximum atomic E-state index is 4.48. The molecule has 4 nitrogen and oxygen atoms in total. The lowest BCUT2D eigenvalue weighted by molar-refractivity contribution is 0.683. The summed E-state index contributed by atoms with van der Waals surface area (Å²) in [6.45, 7) is 0. The molecular weight excluding hydrogens is 232 g/mol. The summed E-state index contributed by atoms with van der Waals surface area (Å²) in [6, 6.07) is 4.49. The first kappa shape index (κ1) is 10.8. The van der Waals surface area contributed by atoms with Crippen molar-refractivity contribution in [1.29, 1.82) is 0 Å². The molecule has 1 saturated heterocycles. The van der Waals surface area contributed by atoms with E-state index in [0.29, 0.717) is 11.7 Å². The second kappa shape index (κ2) is 4.87. The first-order chi connectivity index (χ1) is 8.42. The third-order valence-electron chi connectivity index (χ3n) is 2.84. The van der Waals surface area contributed by atoms with Gasteiger partial charge in [-0.05, 0) is 30.7 Å². The van der Waals surface area contributed by atoms with E-state index in [2.05, 4.69) is 20.3 Å². The van der Waals surface area contributed by atoms with Crippen LogP contribution in [0.25, 0.3) is 11.2 Å². The van der Waals surface area contributed by atoms with Crippen LogP contribution in [0.3, 0.4) is 0 Å². The molecule has 0 radical (unpaired) electrons. The molecule has 2 aromatic rings. The second-order valence-electron chi connectivity index (χ2n) is 4.15. The normalized spacial score (nSPS) is 20.4. The number of aromatic nitrogens is 3. The monoisotopic (exact) mass is 246 g/mol. The van der Waals surface area contributed by atoms with E-state index in [1.54, 1.807) is 12.4 Å². The van der Waals surface area contributed by atoms with Gasteiger partial charge in [-0.15, -0.1) is 0 Å². The van der Waals surface area contributed by atoms with Gasteiger partial charge in [0.05, 0.1) is 0 Å². The van der Waals surface area contributed by atoms with Gasteiger partial charge in [0.2, 0.25) is 0 Å². The second-order valence-corrected chi connectivity index (χ2v) is 5.30. The summed E-state index contributed by atoms with van der Waals surface area (Å²) in [5, 5.41) is 3.47. The number of nitrogens with zero attached hydrogens (tertiary/aromatic N) is 3. The molecule has 0 bridgehead atoms. The Kier molecular flexibility index (Phi) is 3.09. The SMILES string of the molecule is c1cnc2nc(NC3CCCSC3)ccc2n1. The molecule has 3 heterocycles. The Morgan fingerprint density at radius 1 is 1.24 bits per heavy atom.